The van der Waals surface area contributed by atoms with Crippen molar-refractivity contribution in [1.29, 1.82) is 0 Å². The van der Waals surface area contributed by atoms with E-state index in [1.54, 1.807) is 6.07 Å². The van der Waals surface area contributed by atoms with Crippen LogP contribution in [0.5, 0.6) is 0 Å². The molecule has 2 fully saturated rings. The Bertz CT molecular complexity index is 523. The predicted molar refractivity (Wildman–Crippen MR) is 75.4 cm³/mol. The van der Waals surface area contributed by atoms with Crippen LogP contribution in [0.4, 0.5) is 4.79 Å². The molecule has 2 saturated heterocycles. The van der Waals surface area contributed by atoms with Gasteiger partial charge >= 0.3 is 6.03 Å². The number of furan rings is 1. The Morgan fingerprint density at radius 3 is 2.65 bits per heavy atom. The molecule has 6 nitrogen and oxygen atoms in total. The number of nitrogens with one attached hydrogen (secondary N) is 1. The molecule has 0 radical (unpaired) electrons. The Balaban J connectivity index is 1.60. The number of urea groups is 1. The van der Waals surface area contributed by atoms with Crippen LogP contribution in [0.2, 0.25) is 0 Å². The van der Waals surface area contributed by atoms with Gasteiger partial charge in [-0.1, -0.05) is 0 Å². The van der Waals surface area contributed by atoms with Gasteiger partial charge in [0.05, 0.1) is 11.8 Å². The normalized spacial score (nSPS) is 20.4. The summed E-state index contributed by atoms with van der Waals surface area (Å²) in [5.74, 6) is -0.0186. The van der Waals surface area contributed by atoms with E-state index >= 15 is 0 Å². The molecule has 2 aliphatic heterocycles. The second-order valence-electron chi connectivity index (χ2n) is 5.06. The minimum absolute atomic E-state index is 0.0186. The van der Waals surface area contributed by atoms with Gasteiger partial charge in [-0.3, -0.25) is 4.79 Å². The van der Waals surface area contributed by atoms with Crippen LogP contribution in [0, 0.1) is 0 Å². The van der Waals surface area contributed by atoms with E-state index in [0.29, 0.717) is 23.3 Å². The maximum atomic E-state index is 12.3. The minimum Gasteiger partial charge on any atom is -0.457 e. The summed E-state index contributed by atoms with van der Waals surface area (Å²) in [6.45, 7) is 2.83. The molecule has 3 amide bonds. The number of amides is 3. The molecule has 3 rings (SSSR count). The lowest BCUT2D eigenvalue weighted by molar-refractivity contribution is 0.0664. The largest absolute Gasteiger partial charge is 0.457 e. The van der Waals surface area contributed by atoms with Crippen LogP contribution in [-0.4, -0.2) is 54.0 Å². The first-order valence-electron chi connectivity index (χ1n) is 6.73. The van der Waals surface area contributed by atoms with Crippen molar-refractivity contribution in [2.24, 2.45) is 0 Å². The Morgan fingerprint density at radius 1 is 1.35 bits per heavy atom. The van der Waals surface area contributed by atoms with Gasteiger partial charge in [0.1, 0.15) is 0 Å². The molecule has 3 heterocycles. The first-order chi connectivity index (χ1) is 9.66. The van der Waals surface area contributed by atoms with Gasteiger partial charge in [0, 0.05) is 32.2 Å². The number of nitrogens with zero attached hydrogens (tertiary/aromatic N) is 2. The fourth-order valence-corrected chi connectivity index (χ4v) is 3.24. The van der Waals surface area contributed by atoms with Gasteiger partial charge in [-0.25, -0.2) is 4.79 Å². The van der Waals surface area contributed by atoms with Crippen LogP contribution >= 0.6 is 15.9 Å². The number of rotatable bonds is 2. The average Bonchev–Trinajstić information content (AvgIpc) is 3.07. The summed E-state index contributed by atoms with van der Waals surface area (Å²) in [4.78, 5) is 27.7. The summed E-state index contributed by atoms with van der Waals surface area (Å²) in [6, 6.07) is 1.94. The zero-order valence-electron chi connectivity index (χ0n) is 11.0. The summed E-state index contributed by atoms with van der Waals surface area (Å²) < 4.78 is 5.58. The Labute approximate surface area is 125 Å². The number of carbonyl (C=O) groups excluding carboxylic acids is 2. The predicted octanol–water partition coefficient (Wildman–Crippen LogP) is 1.67. The van der Waals surface area contributed by atoms with Crippen LogP contribution in [0.15, 0.2) is 21.4 Å². The zero-order chi connectivity index (χ0) is 14.1. The van der Waals surface area contributed by atoms with Crippen LogP contribution in [0.1, 0.15) is 23.2 Å². The molecular formula is C13H16BrN3O3. The Kier molecular flexibility index (Phi) is 3.69. The van der Waals surface area contributed by atoms with Gasteiger partial charge < -0.3 is 19.5 Å². The number of carbonyl (C=O) groups is 2. The van der Waals surface area contributed by atoms with Gasteiger partial charge in [0.2, 0.25) is 0 Å². The smallest absolute Gasteiger partial charge is 0.317 e. The summed E-state index contributed by atoms with van der Waals surface area (Å²) in [7, 11) is 0. The standard InChI is InChI=1S/C13H16BrN3O3/c14-11-10(3-8-20-11)12(18)16-5-1-9(2-6-16)17-7-4-15-13(17)19/h3,8-9H,1-2,4-7H2,(H,15,19). The lowest BCUT2D eigenvalue weighted by Gasteiger charge is -2.36. The summed E-state index contributed by atoms with van der Waals surface area (Å²) in [5, 5.41) is 2.82. The van der Waals surface area contributed by atoms with Crippen molar-refractivity contribution in [3.63, 3.8) is 0 Å². The highest BCUT2D eigenvalue weighted by Crippen LogP contribution is 2.23. The third kappa shape index (κ3) is 2.42. The average molecular weight is 342 g/mol. The lowest BCUT2D eigenvalue weighted by atomic mass is 10.0. The van der Waals surface area contributed by atoms with Gasteiger partial charge in [0.15, 0.2) is 4.67 Å². The number of piperidine rings is 1. The quantitative estimate of drug-likeness (QED) is 0.889. The molecule has 0 unspecified atom stereocenters. The number of halogens is 1. The molecule has 20 heavy (non-hydrogen) atoms. The third-order valence-corrected chi connectivity index (χ3v) is 4.54. The SMILES string of the molecule is O=C(c1ccoc1Br)N1CCC(N2CCNC2=O)CC1. The molecule has 1 aromatic rings. The van der Waals surface area contributed by atoms with Crippen LogP contribution in [-0.2, 0) is 0 Å². The molecule has 1 aromatic heterocycles. The molecule has 0 bridgehead atoms. The van der Waals surface area contributed by atoms with E-state index in [1.165, 1.54) is 6.26 Å². The highest BCUT2D eigenvalue weighted by Gasteiger charge is 2.32. The molecule has 2 aliphatic rings. The number of hydrogen-bond acceptors (Lipinski definition) is 3. The van der Waals surface area contributed by atoms with Crippen molar-refractivity contribution in [3.05, 3.63) is 22.6 Å². The highest BCUT2D eigenvalue weighted by atomic mass is 79.9. The highest BCUT2D eigenvalue weighted by molar-refractivity contribution is 9.10. The molecular weight excluding hydrogens is 326 g/mol. The number of likely N-dealkylation sites (tertiary alicyclic amines) is 1. The van der Waals surface area contributed by atoms with E-state index < -0.39 is 0 Å². The summed E-state index contributed by atoms with van der Waals surface area (Å²) >= 11 is 3.23. The number of hydrogen-bond donors (Lipinski definition) is 1. The Morgan fingerprint density at radius 2 is 2.10 bits per heavy atom. The van der Waals surface area contributed by atoms with E-state index in [9.17, 15) is 9.59 Å². The molecule has 0 aliphatic carbocycles. The maximum Gasteiger partial charge on any atom is 0.317 e. The molecule has 7 heteroatoms. The maximum absolute atomic E-state index is 12.3. The molecule has 0 spiro atoms. The van der Waals surface area contributed by atoms with Crippen LogP contribution in [0.25, 0.3) is 0 Å². The van der Waals surface area contributed by atoms with Gasteiger partial charge in [0.25, 0.3) is 5.91 Å². The van der Waals surface area contributed by atoms with Gasteiger partial charge in [-0.15, -0.1) is 0 Å². The van der Waals surface area contributed by atoms with Crippen molar-refractivity contribution in [2.45, 2.75) is 18.9 Å². The molecule has 0 aromatic carbocycles. The molecule has 1 N–H and O–H groups in total. The van der Waals surface area contributed by atoms with Crippen molar-refractivity contribution in [3.8, 4) is 0 Å². The lowest BCUT2D eigenvalue weighted by Crippen LogP contribution is -2.47. The summed E-state index contributed by atoms with van der Waals surface area (Å²) in [6.07, 6.45) is 3.15. The fourth-order valence-electron chi connectivity index (χ4n) is 2.83. The summed E-state index contributed by atoms with van der Waals surface area (Å²) in [5.41, 5.74) is 0.558. The first kappa shape index (κ1) is 13.5. The first-order valence-corrected chi connectivity index (χ1v) is 7.53. The van der Waals surface area contributed by atoms with Crippen LogP contribution < -0.4 is 5.32 Å². The molecule has 108 valence electrons. The molecule has 0 atom stereocenters. The van der Waals surface area contributed by atoms with Crippen molar-refractivity contribution < 1.29 is 14.0 Å². The zero-order valence-corrected chi connectivity index (χ0v) is 12.6. The second-order valence-corrected chi connectivity index (χ2v) is 5.78. The Hall–Kier alpha value is -1.50. The van der Waals surface area contributed by atoms with E-state index in [-0.39, 0.29) is 18.0 Å². The van der Waals surface area contributed by atoms with E-state index in [0.717, 1.165) is 25.9 Å². The van der Waals surface area contributed by atoms with Crippen LogP contribution in [0.3, 0.4) is 0 Å². The van der Waals surface area contributed by atoms with Crippen molar-refractivity contribution in [1.82, 2.24) is 15.1 Å². The molecule has 0 saturated carbocycles. The van der Waals surface area contributed by atoms with Gasteiger partial charge in [-0.05, 0) is 34.8 Å². The van der Waals surface area contributed by atoms with Crippen molar-refractivity contribution in [2.75, 3.05) is 26.2 Å². The van der Waals surface area contributed by atoms with E-state index in [4.69, 9.17) is 4.42 Å². The minimum atomic E-state index is -0.0186. The fraction of sp³-hybridized carbons (Fsp3) is 0.538. The van der Waals surface area contributed by atoms with E-state index in [2.05, 4.69) is 21.2 Å². The topological polar surface area (TPSA) is 65.8 Å². The second kappa shape index (κ2) is 5.47. The monoisotopic (exact) mass is 341 g/mol. The van der Waals surface area contributed by atoms with Crippen molar-refractivity contribution >= 4 is 27.9 Å². The van der Waals surface area contributed by atoms with E-state index in [1.807, 2.05) is 9.80 Å². The third-order valence-electron chi connectivity index (χ3n) is 3.93. The van der Waals surface area contributed by atoms with Gasteiger partial charge in [-0.2, -0.15) is 0 Å².